The number of aryl methyl sites for hydroxylation is 2. The maximum Gasteiger partial charge on any atom is 0.131 e. The highest BCUT2D eigenvalue weighted by atomic mass is 32.2. The highest BCUT2D eigenvalue weighted by molar-refractivity contribution is 7.82. The number of piperazine rings is 1. The van der Waals surface area contributed by atoms with Crippen molar-refractivity contribution >= 4 is 11.0 Å². The molecule has 1 saturated carbocycles. The first-order chi connectivity index (χ1) is 16.3. The minimum atomic E-state index is -1.28. The second kappa shape index (κ2) is 13.3. The Morgan fingerprint density at radius 3 is 2.53 bits per heavy atom. The lowest BCUT2D eigenvalue weighted by atomic mass is 9.88. The molecule has 1 aromatic rings. The van der Waals surface area contributed by atoms with Gasteiger partial charge in [0.25, 0.3) is 0 Å². The van der Waals surface area contributed by atoms with Gasteiger partial charge in [-0.25, -0.2) is 8.51 Å². The lowest BCUT2D eigenvalue weighted by Crippen LogP contribution is -2.53. The van der Waals surface area contributed by atoms with Crippen molar-refractivity contribution < 1.29 is 18.8 Å². The second-order valence-electron chi connectivity index (χ2n) is 9.67. The summed E-state index contributed by atoms with van der Waals surface area (Å²) in [6, 6.07) is 4.82. The predicted molar refractivity (Wildman–Crippen MR) is 137 cm³/mol. The molecular weight excluding hydrogens is 452 g/mol. The Morgan fingerprint density at radius 1 is 1.21 bits per heavy atom. The van der Waals surface area contributed by atoms with Crippen molar-refractivity contribution in [3.8, 4) is 5.75 Å². The van der Waals surface area contributed by atoms with Crippen LogP contribution in [0.1, 0.15) is 36.8 Å². The van der Waals surface area contributed by atoms with E-state index in [-0.39, 0.29) is 6.61 Å². The maximum atomic E-state index is 13.1. The summed E-state index contributed by atoms with van der Waals surface area (Å²) < 4.78 is 26.0. The van der Waals surface area contributed by atoms with E-state index in [1.54, 1.807) is 11.4 Å². The Hall–Kier alpha value is -1.07. The van der Waals surface area contributed by atoms with Gasteiger partial charge in [-0.2, -0.15) is 0 Å². The fourth-order valence-corrected chi connectivity index (χ4v) is 6.39. The molecule has 8 nitrogen and oxygen atoms in total. The summed E-state index contributed by atoms with van der Waals surface area (Å²) in [4.78, 5) is 5.52. The zero-order valence-electron chi connectivity index (χ0n) is 21.6. The number of aliphatic hydroxyl groups is 1. The number of nitrogens with one attached hydrogen (secondary N) is 1. The number of likely N-dealkylation sites (N-methyl/N-ethyl adjacent to an activating group) is 2. The van der Waals surface area contributed by atoms with Crippen LogP contribution in [0, 0.1) is 13.8 Å². The van der Waals surface area contributed by atoms with Crippen molar-refractivity contribution in [2.75, 3.05) is 67.1 Å². The molecule has 0 radical (unpaired) electrons. The number of methoxy groups -OCH3 is 1. The number of benzene rings is 1. The minimum absolute atomic E-state index is 0.256. The molecule has 0 amide bonds. The summed E-state index contributed by atoms with van der Waals surface area (Å²) in [6.07, 6.45) is 4.06. The molecule has 34 heavy (non-hydrogen) atoms. The van der Waals surface area contributed by atoms with Crippen LogP contribution in [-0.2, 0) is 15.7 Å². The number of hydrogen-bond donors (Lipinski definition) is 2. The van der Waals surface area contributed by atoms with Crippen LogP contribution in [0.15, 0.2) is 17.0 Å². The van der Waals surface area contributed by atoms with E-state index >= 15 is 0 Å². The minimum Gasteiger partial charge on any atom is -0.497 e. The number of nitrogens with zero attached hydrogens (tertiary/aromatic N) is 3. The van der Waals surface area contributed by atoms with E-state index < -0.39 is 17.2 Å². The summed E-state index contributed by atoms with van der Waals surface area (Å²) in [7, 11) is 4.20. The van der Waals surface area contributed by atoms with E-state index in [1.807, 2.05) is 40.1 Å². The third kappa shape index (κ3) is 7.22. The monoisotopic (exact) mass is 496 g/mol. The van der Waals surface area contributed by atoms with Crippen LogP contribution in [0.3, 0.4) is 0 Å². The predicted octanol–water partition coefficient (Wildman–Crippen LogP) is 1.75. The van der Waals surface area contributed by atoms with E-state index in [0.29, 0.717) is 25.2 Å². The number of aliphatic hydroxyl groups excluding tert-OH is 1. The van der Waals surface area contributed by atoms with Crippen LogP contribution in [0.2, 0.25) is 0 Å². The van der Waals surface area contributed by atoms with Crippen molar-refractivity contribution in [2.45, 2.75) is 62.7 Å². The van der Waals surface area contributed by atoms with Gasteiger partial charge in [-0.3, -0.25) is 9.80 Å². The fourth-order valence-electron chi connectivity index (χ4n) is 5.17. The SMILES string of the molecule is COc1cc(C)c(S(=O)N(C)CCOCC(O)N(C)[C@@H]2CCCC(N3CCNCC3)C2)c(C)c1. The lowest BCUT2D eigenvalue weighted by Gasteiger charge is -2.43. The Balaban J connectivity index is 1.42. The van der Waals surface area contributed by atoms with Gasteiger partial charge >= 0.3 is 0 Å². The van der Waals surface area contributed by atoms with Gasteiger partial charge < -0.3 is 19.9 Å². The van der Waals surface area contributed by atoms with Crippen LogP contribution in [0.4, 0.5) is 0 Å². The highest BCUT2D eigenvalue weighted by Gasteiger charge is 2.31. The molecule has 0 spiro atoms. The first kappa shape index (κ1) is 27.5. The Morgan fingerprint density at radius 2 is 1.88 bits per heavy atom. The Labute approximate surface area is 208 Å². The van der Waals surface area contributed by atoms with E-state index in [1.165, 1.54) is 12.8 Å². The molecule has 1 saturated heterocycles. The molecule has 1 heterocycles. The largest absolute Gasteiger partial charge is 0.497 e. The summed E-state index contributed by atoms with van der Waals surface area (Å²) in [6.45, 7) is 9.49. The van der Waals surface area contributed by atoms with Crippen molar-refractivity contribution in [1.82, 2.24) is 19.4 Å². The van der Waals surface area contributed by atoms with Crippen LogP contribution < -0.4 is 10.1 Å². The first-order valence-corrected chi connectivity index (χ1v) is 13.6. The van der Waals surface area contributed by atoms with Gasteiger partial charge in [-0.05, 0) is 63.4 Å². The summed E-state index contributed by atoms with van der Waals surface area (Å²) in [5.74, 6) is 0.775. The standard InChI is InChI=1S/C25H44N4O4S/c1-19-15-23(32-5)16-20(2)25(19)34(31)27(3)13-14-33-18-24(30)28(4)21-7-6-8-22(17-21)29-11-9-26-10-12-29/h15-16,21-22,24,26,30H,6-14,17-18H2,1-5H3/t21-,22?,24?,34?/m1/s1. The fraction of sp³-hybridized carbons (Fsp3) is 0.760. The normalized spacial score (nSPS) is 23.9. The van der Waals surface area contributed by atoms with Gasteiger partial charge in [0.15, 0.2) is 0 Å². The molecule has 2 N–H and O–H groups in total. The Bertz CT molecular complexity index is 782. The van der Waals surface area contributed by atoms with E-state index in [2.05, 4.69) is 15.1 Å². The zero-order chi connectivity index (χ0) is 24.7. The van der Waals surface area contributed by atoms with Gasteiger partial charge in [0.1, 0.15) is 23.0 Å². The number of ether oxygens (including phenoxy) is 2. The molecule has 2 fully saturated rings. The van der Waals surface area contributed by atoms with E-state index in [4.69, 9.17) is 9.47 Å². The Kier molecular flexibility index (Phi) is 10.8. The van der Waals surface area contributed by atoms with Gasteiger partial charge in [0.2, 0.25) is 0 Å². The van der Waals surface area contributed by atoms with Crippen LogP contribution >= 0.6 is 0 Å². The maximum absolute atomic E-state index is 13.1. The van der Waals surface area contributed by atoms with Gasteiger partial charge in [0, 0.05) is 51.9 Å². The molecule has 4 atom stereocenters. The van der Waals surface area contributed by atoms with Gasteiger partial charge in [0.05, 0.1) is 25.2 Å². The third-order valence-corrected chi connectivity index (χ3v) is 9.02. The molecule has 1 aliphatic heterocycles. The average molecular weight is 497 g/mol. The van der Waals surface area contributed by atoms with Crippen molar-refractivity contribution in [3.63, 3.8) is 0 Å². The van der Waals surface area contributed by atoms with Crippen molar-refractivity contribution in [1.29, 1.82) is 0 Å². The van der Waals surface area contributed by atoms with E-state index in [0.717, 1.165) is 60.8 Å². The smallest absolute Gasteiger partial charge is 0.131 e. The van der Waals surface area contributed by atoms with Gasteiger partial charge in [-0.15, -0.1) is 0 Å². The van der Waals surface area contributed by atoms with Crippen LogP contribution in [-0.4, -0.2) is 109 Å². The van der Waals surface area contributed by atoms with Crippen molar-refractivity contribution in [2.24, 2.45) is 0 Å². The number of hydrogen-bond acceptors (Lipinski definition) is 7. The lowest BCUT2D eigenvalue weighted by molar-refractivity contribution is -0.0754. The summed E-state index contributed by atoms with van der Waals surface area (Å²) in [5.41, 5.74) is 1.90. The van der Waals surface area contributed by atoms with Crippen molar-refractivity contribution in [3.05, 3.63) is 23.3 Å². The zero-order valence-corrected chi connectivity index (χ0v) is 22.4. The molecular formula is C25H44N4O4S. The highest BCUT2D eigenvalue weighted by Crippen LogP contribution is 2.27. The topological polar surface area (TPSA) is 77.5 Å². The van der Waals surface area contributed by atoms with Crippen LogP contribution in [0.5, 0.6) is 5.75 Å². The molecule has 3 unspecified atom stereocenters. The molecule has 3 rings (SSSR count). The summed E-state index contributed by atoms with van der Waals surface area (Å²) in [5, 5.41) is 14.2. The average Bonchev–Trinajstić information content (AvgIpc) is 2.85. The molecule has 0 aromatic heterocycles. The second-order valence-corrected chi connectivity index (χ2v) is 11.2. The van der Waals surface area contributed by atoms with E-state index in [9.17, 15) is 9.32 Å². The molecule has 1 aliphatic carbocycles. The quantitative estimate of drug-likeness (QED) is 0.357. The number of rotatable bonds is 11. The molecule has 0 bridgehead atoms. The molecule has 194 valence electrons. The third-order valence-electron chi connectivity index (χ3n) is 7.28. The molecule has 1 aromatic carbocycles. The van der Waals surface area contributed by atoms with Crippen LogP contribution in [0.25, 0.3) is 0 Å². The molecule has 2 aliphatic rings. The van der Waals surface area contributed by atoms with Gasteiger partial charge in [-0.1, -0.05) is 6.42 Å². The molecule has 9 heteroatoms. The summed E-state index contributed by atoms with van der Waals surface area (Å²) >= 11 is 0. The first-order valence-electron chi connectivity index (χ1n) is 12.5.